The standard InChI is InChI=1S/C24H24N2O5/c1-15(27)25-13-21-14-26(24(30)31-21)19-7-10-22-17(12-19)3-2-4-18(23(22)29)11-16-5-8-20(28)9-6-16/h5-12,21,28H,2-4,13-14H2,1H3,(H,25,27)/t21-/m0/s1. The van der Waals surface area contributed by atoms with Crippen LogP contribution in [0.1, 0.15) is 41.3 Å². The SMILES string of the molecule is CC(=O)NC[C@H]1CN(c2ccc3c(c2)CCCC(=Cc2ccc(O)cc2)C3=O)C(=O)O1. The van der Waals surface area contributed by atoms with Crippen molar-refractivity contribution in [2.45, 2.75) is 32.3 Å². The van der Waals surface area contributed by atoms with Gasteiger partial charge in [0, 0.05) is 23.7 Å². The lowest BCUT2D eigenvalue weighted by Crippen LogP contribution is -2.33. The van der Waals surface area contributed by atoms with Gasteiger partial charge in [0.25, 0.3) is 0 Å². The van der Waals surface area contributed by atoms with Crippen LogP contribution in [-0.4, -0.2) is 42.1 Å². The third-order valence-corrected chi connectivity index (χ3v) is 5.52. The highest BCUT2D eigenvalue weighted by Crippen LogP contribution is 2.30. The Balaban J connectivity index is 1.55. The second-order valence-electron chi connectivity index (χ2n) is 7.84. The molecule has 2 aromatic carbocycles. The van der Waals surface area contributed by atoms with Gasteiger partial charge >= 0.3 is 6.09 Å². The van der Waals surface area contributed by atoms with Crippen LogP contribution >= 0.6 is 0 Å². The number of anilines is 1. The van der Waals surface area contributed by atoms with E-state index in [9.17, 15) is 19.5 Å². The first-order valence-electron chi connectivity index (χ1n) is 10.3. The van der Waals surface area contributed by atoms with Gasteiger partial charge in [-0.05, 0) is 66.8 Å². The van der Waals surface area contributed by atoms with E-state index >= 15 is 0 Å². The minimum atomic E-state index is -0.455. The van der Waals surface area contributed by atoms with E-state index in [1.807, 2.05) is 12.1 Å². The smallest absolute Gasteiger partial charge is 0.414 e. The van der Waals surface area contributed by atoms with E-state index in [0.717, 1.165) is 29.5 Å². The molecule has 7 heteroatoms. The van der Waals surface area contributed by atoms with Gasteiger partial charge in [-0.25, -0.2) is 4.79 Å². The summed E-state index contributed by atoms with van der Waals surface area (Å²) in [6, 6.07) is 12.2. The Morgan fingerprint density at radius 3 is 2.71 bits per heavy atom. The highest BCUT2D eigenvalue weighted by atomic mass is 16.6. The molecule has 2 amide bonds. The number of phenolic OH excluding ortho intramolecular Hbond substituents is 1. The summed E-state index contributed by atoms with van der Waals surface area (Å²) in [5, 5.41) is 12.1. The number of amides is 2. The van der Waals surface area contributed by atoms with Crippen LogP contribution in [0.15, 0.2) is 48.0 Å². The molecular formula is C24H24N2O5. The largest absolute Gasteiger partial charge is 0.508 e. The van der Waals surface area contributed by atoms with Gasteiger partial charge in [0.05, 0.1) is 13.1 Å². The molecule has 1 aliphatic heterocycles. The van der Waals surface area contributed by atoms with Crippen molar-refractivity contribution in [3.05, 3.63) is 64.7 Å². The molecule has 0 aromatic heterocycles. The van der Waals surface area contributed by atoms with Gasteiger partial charge in [-0.2, -0.15) is 0 Å². The fraction of sp³-hybridized carbons (Fsp3) is 0.292. The normalized spacial score (nSPS) is 19.7. The lowest BCUT2D eigenvalue weighted by Gasteiger charge is -2.16. The third kappa shape index (κ3) is 4.60. The number of hydrogen-bond acceptors (Lipinski definition) is 5. The quantitative estimate of drug-likeness (QED) is 0.583. The highest BCUT2D eigenvalue weighted by molar-refractivity contribution is 6.12. The van der Waals surface area contributed by atoms with Crippen LogP contribution in [0.3, 0.4) is 0 Å². The van der Waals surface area contributed by atoms with E-state index < -0.39 is 12.2 Å². The Hall–Kier alpha value is -3.61. The van der Waals surface area contributed by atoms with Crippen molar-refractivity contribution in [3.63, 3.8) is 0 Å². The Kier molecular flexibility index (Phi) is 5.75. The summed E-state index contributed by atoms with van der Waals surface area (Å²) in [5.41, 5.74) is 3.84. The second-order valence-corrected chi connectivity index (χ2v) is 7.84. The number of nitrogens with zero attached hydrogens (tertiary/aromatic N) is 1. The zero-order valence-electron chi connectivity index (χ0n) is 17.3. The average molecular weight is 420 g/mol. The van der Waals surface area contributed by atoms with Crippen molar-refractivity contribution < 1.29 is 24.2 Å². The number of aromatic hydroxyl groups is 1. The van der Waals surface area contributed by atoms with Crippen molar-refractivity contribution in [1.29, 1.82) is 0 Å². The number of Topliss-reactive ketones (excluding diaryl/α,β-unsaturated/α-hetero) is 1. The van der Waals surface area contributed by atoms with Crippen LogP contribution in [0.5, 0.6) is 5.75 Å². The topological polar surface area (TPSA) is 95.9 Å². The molecule has 7 nitrogen and oxygen atoms in total. The number of cyclic esters (lactones) is 1. The summed E-state index contributed by atoms with van der Waals surface area (Å²) in [6.45, 7) is 2.03. The molecule has 2 N–H and O–H groups in total. The maximum Gasteiger partial charge on any atom is 0.414 e. The molecular weight excluding hydrogens is 396 g/mol. The molecule has 160 valence electrons. The van der Waals surface area contributed by atoms with Crippen LogP contribution in [0.25, 0.3) is 6.08 Å². The summed E-state index contributed by atoms with van der Waals surface area (Å²) in [7, 11) is 0. The Labute approximate surface area is 180 Å². The van der Waals surface area contributed by atoms with Gasteiger partial charge in [-0.1, -0.05) is 12.1 Å². The van der Waals surface area contributed by atoms with E-state index in [1.54, 1.807) is 36.4 Å². The monoisotopic (exact) mass is 420 g/mol. The number of rotatable bonds is 4. The third-order valence-electron chi connectivity index (χ3n) is 5.52. The minimum absolute atomic E-state index is 0.0142. The number of carbonyl (C=O) groups is 3. The lowest BCUT2D eigenvalue weighted by atomic mass is 9.97. The van der Waals surface area contributed by atoms with Crippen LogP contribution < -0.4 is 10.2 Å². The van der Waals surface area contributed by atoms with Crippen molar-refractivity contribution in [2.24, 2.45) is 0 Å². The Bertz CT molecular complexity index is 1060. The first-order chi connectivity index (χ1) is 14.9. The van der Waals surface area contributed by atoms with Gasteiger partial charge in [0.2, 0.25) is 5.91 Å². The van der Waals surface area contributed by atoms with E-state index in [2.05, 4.69) is 5.32 Å². The molecule has 1 heterocycles. The lowest BCUT2D eigenvalue weighted by molar-refractivity contribution is -0.119. The van der Waals surface area contributed by atoms with Gasteiger partial charge < -0.3 is 15.2 Å². The minimum Gasteiger partial charge on any atom is -0.508 e. The maximum absolute atomic E-state index is 13.1. The van der Waals surface area contributed by atoms with Crippen LogP contribution in [0, 0.1) is 0 Å². The fourth-order valence-corrected chi connectivity index (χ4v) is 3.94. The van der Waals surface area contributed by atoms with Gasteiger partial charge in [0.1, 0.15) is 11.9 Å². The van der Waals surface area contributed by atoms with Gasteiger partial charge in [-0.3, -0.25) is 14.5 Å². The fourth-order valence-electron chi connectivity index (χ4n) is 3.94. The number of phenols is 1. The molecule has 1 saturated heterocycles. The molecule has 31 heavy (non-hydrogen) atoms. The molecule has 0 bridgehead atoms. The van der Waals surface area contributed by atoms with Crippen LogP contribution in [-0.2, 0) is 16.0 Å². The summed E-state index contributed by atoms with van der Waals surface area (Å²) in [6.07, 6.45) is 3.23. The van der Waals surface area contributed by atoms with E-state index in [-0.39, 0.29) is 24.0 Å². The highest BCUT2D eigenvalue weighted by Gasteiger charge is 2.33. The molecule has 0 spiro atoms. The molecule has 1 aliphatic carbocycles. The molecule has 1 fully saturated rings. The predicted octanol–water partition coefficient (Wildman–Crippen LogP) is 3.46. The van der Waals surface area contributed by atoms with E-state index in [1.165, 1.54) is 11.8 Å². The van der Waals surface area contributed by atoms with Crippen molar-refractivity contribution >= 4 is 29.5 Å². The number of carbonyl (C=O) groups excluding carboxylic acids is 3. The molecule has 4 rings (SSSR count). The van der Waals surface area contributed by atoms with Crippen molar-refractivity contribution in [1.82, 2.24) is 5.32 Å². The number of benzene rings is 2. The zero-order chi connectivity index (χ0) is 22.0. The van der Waals surface area contributed by atoms with Crippen molar-refractivity contribution in [3.8, 4) is 5.75 Å². The van der Waals surface area contributed by atoms with Gasteiger partial charge in [0.15, 0.2) is 5.78 Å². The molecule has 2 aromatic rings. The number of allylic oxidation sites excluding steroid dienone is 1. The summed E-state index contributed by atoms with van der Waals surface area (Å²) < 4.78 is 5.34. The Morgan fingerprint density at radius 1 is 1.19 bits per heavy atom. The van der Waals surface area contributed by atoms with E-state index in [0.29, 0.717) is 24.2 Å². The molecule has 2 aliphatic rings. The van der Waals surface area contributed by atoms with Gasteiger partial charge in [-0.15, -0.1) is 0 Å². The molecule has 0 unspecified atom stereocenters. The predicted molar refractivity (Wildman–Crippen MR) is 116 cm³/mol. The summed E-state index contributed by atoms with van der Waals surface area (Å²) in [4.78, 5) is 38.1. The number of ketones is 1. The number of nitrogens with one attached hydrogen (secondary N) is 1. The molecule has 1 atom stereocenters. The number of hydrogen-bond donors (Lipinski definition) is 2. The Morgan fingerprint density at radius 2 is 1.97 bits per heavy atom. The second kappa shape index (κ2) is 8.63. The number of fused-ring (bicyclic) bond motifs is 1. The van der Waals surface area contributed by atoms with Crippen LogP contribution in [0.2, 0.25) is 0 Å². The summed E-state index contributed by atoms with van der Waals surface area (Å²) in [5.74, 6) is 0.000773. The zero-order valence-corrected chi connectivity index (χ0v) is 17.3. The first kappa shape index (κ1) is 20.7. The number of ether oxygens (including phenoxy) is 1. The summed E-state index contributed by atoms with van der Waals surface area (Å²) >= 11 is 0. The number of aryl methyl sites for hydroxylation is 1. The average Bonchev–Trinajstić information content (AvgIpc) is 3.05. The first-order valence-corrected chi connectivity index (χ1v) is 10.3. The maximum atomic E-state index is 13.1. The van der Waals surface area contributed by atoms with Crippen LogP contribution in [0.4, 0.5) is 10.5 Å². The van der Waals surface area contributed by atoms with E-state index in [4.69, 9.17) is 4.74 Å². The van der Waals surface area contributed by atoms with Crippen molar-refractivity contribution in [2.75, 3.05) is 18.0 Å². The molecule has 0 saturated carbocycles. The molecule has 0 radical (unpaired) electrons.